The molecule has 148 valence electrons. The Kier molecular flexibility index (Phi) is 11.2. The van der Waals surface area contributed by atoms with Crippen LogP contribution in [0, 0.1) is 5.92 Å². The van der Waals surface area contributed by atoms with Crippen LogP contribution in [0.25, 0.3) is 0 Å². The minimum Gasteiger partial charge on any atom is -0.355 e. The number of rotatable bonds is 6. The third-order valence-electron chi connectivity index (χ3n) is 5.06. The summed E-state index contributed by atoms with van der Waals surface area (Å²) in [6.45, 7) is 8.96. The Bertz CT molecular complexity index is 512. The summed E-state index contributed by atoms with van der Waals surface area (Å²) in [7, 11) is 0. The van der Waals surface area contributed by atoms with E-state index >= 15 is 0 Å². The lowest BCUT2D eigenvalue weighted by atomic mass is 9.96. The Labute approximate surface area is 169 Å². The van der Waals surface area contributed by atoms with Crippen LogP contribution in [0.3, 0.4) is 0 Å². The van der Waals surface area contributed by atoms with Gasteiger partial charge in [-0.1, -0.05) is 30.3 Å². The second kappa shape index (κ2) is 12.5. The van der Waals surface area contributed by atoms with Gasteiger partial charge in [-0.15, -0.1) is 24.8 Å². The summed E-state index contributed by atoms with van der Waals surface area (Å²) in [5.74, 6) is 0.383. The number of amides is 1. The molecule has 0 radical (unpaired) electrons. The predicted octanol–water partition coefficient (Wildman–Crippen LogP) is 1.76. The van der Waals surface area contributed by atoms with Crippen LogP contribution < -0.4 is 10.6 Å². The Balaban J connectivity index is 0.00000169. The maximum atomic E-state index is 12.5. The molecule has 0 bridgehead atoms. The van der Waals surface area contributed by atoms with Crippen molar-refractivity contribution in [1.29, 1.82) is 0 Å². The van der Waals surface area contributed by atoms with Gasteiger partial charge in [-0.25, -0.2) is 0 Å². The van der Waals surface area contributed by atoms with E-state index in [1.54, 1.807) is 0 Å². The SMILES string of the molecule is Cl.Cl.O=C(NCCN1CCNCC1)C1CCCN(Cc2ccccc2)C1. The highest BCUT2D eigenvalue weighted by Crippen LogP contribution is 2.18. The van der Waals surface area contributed by atoms with Gasteiger partial charge >= 0.3 is 0 Å². The molecule has 3 rings (SSSR count). The molecule has 2 aliphatic heterocycles. The lowest BCUT2D eigenvalue weighted by Gasteiger charge is -2.32. The molecule has 0 aromatic heterocycles. The Morgan fingerprint density at radius 2 is 1.81 bits per heavy atom. The standard InChI is InChI=1S/C19H30N4O.2ClH/c24-19(21-10-14-22-12-8-20-9-13-22)18-7-4-11-23(16-18)15-17-5-2-1-3-6-17;;/h1-3,5-6,18,20H,4,7-16H2,(H,21,24);2*1H. The first-order chi connectivity index (χ1) is 11.8. The molecule has 26 heavy (non-hydrogen) atoms. The second-order valence-corrected chi connectivity index (χ2v) is 6.94. The monoisotopic (exact) mass is 402 g/mol. The van der Waals surface area contributed by atoms with Crippen molar-refractivity contribution >= 4 is 30.7 Å². The van der Waals surface area contributed by atoms with Crippen molar-refractivity contribution in [2.75, 3.05) is 52.4 Å². The number of carbonyl (C=O) groups is 1. The molecule has 7 heteroatoms. The van der Waals surface area contributed by atoms with Gasteiger partial charge in [-0.05, 0) is 24.9 Å². The van der Waals surface area contributed by atoms with E-state index < -0.39 is 0 Å². The quantitative estimate of drug-likeness (QED) is 0.760. The molecule has 2 N–H and O–H groups in total. The van der Waals surface area contributed by atoms with E-state index in [1.165, 1.54) is 5.56 Å². The van der Waals surface area contributed by atoms with Gasteiger partial charge in [-0.3, -0.25) is 14.6 Å². The summed E-state index contributed by atoms with van der Waals surface area (Å²) in [6, 6.07) is 10.5. The van der Waals surface area contributed by atoms with Gasteiger partial charge in [0.2, 0.25) is 5.91 Å². The maximum absolute atomic E-state index is 12.5. The topological polar surface area (TPSA) is 47.6 Å². The number of carbonyl (C=O) groups excluding carboxylic acids is 1. The fourth-order valence-corrected chi connectivity index (χ4v) is 3.67. The molecule has 5 nitrogen and oxygen atoms in total. The van der Waals surface area contributed by atoms with E-state index in [2.05, 4.69) is 44.7 Å². The highest BCUT2D eigenvalue weighted by atomic mass is 35.5. The number of hydrogen-bond acceptors (Lipinski definition) is 4. The lowest BCUT2D eigenvalue weighted by Crippen LogP contribution is -2.48. The van der Waals surface area contributed by atoms with E-state index in [4.69, 9.17) is 0 Å². The van der Waals surface area contributed by atoms with E-state index in [1.807, 2.05) is 6.07 Å². The number of halogens is 2. The number of piperidine rings is 1. The zero-order valence-electron chi connectivity index (χ0n) is 15.4. The first-order valence-electron chi connectivity index (χ1n) is 9.28. The van der Waals surface area contributed by atoms with Gasteiger partial charge in [0.15, 0.2) is 0 Å². The minimum atomic E-state index is 0. The fraction of sp³-hybridized carbons (Fsp3) is 0.632. The molecule has 2 heterocycles. The molecule has 2 fully saturated rings. The van der Waals surface area contributed by atoms with Crippen molar-refractivity contribution in [2.45, 2.75) is 19.4 Å². The molecular formula is C19H32Cl2N4O. The number of benzene rings is 1. The van der Waals surface area contributed by atoms with Crippen LogP contribution in [0.4, 0.5) is 0 Å². The molecular weight excluding hydrogens is 371 g/mol. The first-order valence-corrected chi connectivity index (χ1v) is 9.28. The van der Waals surface area contributed by atoms with Gasteiger partial charge < -0.3 is 10.6 Å². The lowest BCUT2D eigenvalue weighted by molar-refractivity contribution is -0.126. The number of hydrogen-bond donors (Lipinski definition) is 2. The van der Waals surface area contributed by atoms with Crippen molar-refractivity contribution in [3.63, 3.8) is 0 Å². The van der Waals surface area contributed by atoms with Crippen LogP contribution >= 0.6 is 24.8 Å². The van der Waals surface area contributed by atoms with E-state index in [0.29, 0.717) is 0 Å². The third-order valence-corrected chi connectivity index (χ3v) is 5.06. The molecule has 2 aliphatic rings. The third kappa shape index (κ3) is 7.41. The first kappa shape index (κ1) is 23.2. The Morgan fingerprint density at radius 3 is 2.54 bits per heavy atom. The second-order valence-electron chi connectivity index (χ2n) is 6.94. The van der Waals surface area contributed by atoms with Crippen molar-refractivity contribution in [1.82, 2.24) is 20.4 Å². The highest BCUT2D eigenvalue weighted by Gasteiger charge is 2.25. The molecule has 2 saturated heterocycles. The van der Waals surface area contributed by atoms with E-state index in [9.17, 15) is 4.79 Å². The Hall–Kier alpha value is -0.850. The molecule has 0 saturated carbocycles. The van der Waals surface area contributed by atoms with Gasteiger partial charge in [0.25, 0.3) is 0 Å². The average Bonchev–Trinajstić information content (AvgIpc) is 2.64. The normalized spacial score (nSPS) is 21.3. The van der Waals surface area contributed by atoms with Crippen LogP contribution in [-0.4, -0.2) is 68.1 Å². The van der Waals surface area contributed by atoms with Crippen molar-refractivity contribution in [2.24, 2.45) is 5.92 Å². The van der Waals surface area contributed by atoms with Gasteiger partial charge in [0.05, 0.1) is 5.92 Å². The van der Waals surface area contributed by atoms with Crippen LogP contribution in [0.15, 0.2) is 30.3 Å². The summed E-state index contributed by atoms with van der Waals surface area (Å²) in [4.78, 5) is 17.3. The van der Waals surface area contributed by atoms with Crippen molar-refractivity contribution < 1.29 is 4.79 Å². The molecule has 0 aliphatic carbocycles. The van der Waals surface area contributed by atoms with E-state index in [0.717, 1.165) is 71.7 Å². The van der Waals surface area contributed by atoms with Gasteiger partial charge in [-0.2, -0.15) is 0 Å². The highest BCUT2D eigenvalue weighted by molar-refractivity contribution is 5.85. The summed E-state index contributed by atoms with van der Waals surface area (Å²) in [5.41, 5.74) is 1.33. The van der Waals surface area contributed by atoms with Gasteiger partial charge in [0, 0.05) is 52.4 Å². The molecule has 1 aromatic carbocycles. The summed E-state index contributed by atoms with van der Waals surface area (Å²) in [6.07, 6.45) is 2.13. The maximum Gasteiger partial charge on any atom is 0.224 e. The molecule has 1 unspecified atom stereocenters. The minimum absolute atomic E-state index is 0. The van der Waals surface area contributed by atoms with Gasteiger partial charge in [0.1, 0.15) is 0 Å². The summed E-state index contributed by atoms with van der Waals surface area (Å²) < 4.78 is 0. The van der Waals surface area contributed by atoms with Crippen molar-refractivity contribution in [3.8, 4) is 0 Å². The smallest absolute Gasteiger partial charge is 0.224 e. The molecule has 1 aromatic rings. The van der Waals surface area contributed by atoms with Crippen LogP contribution in [0.2, 0.25) is 0 Å². The molecule has 1 amide bonds. The zero-order chi connectivity index (χ0) is 16.6. The van der Waals surface area contributed by atoms with Crippen LogP contribution in [0.5, 0.6) is 0 Å². The number of nitrogens with one attached hydrogen (secondary N) is 2. The summed E-state index contributed by atoms with van der Waals surface area (Å²) in [5, 5.41) is 6.51. The number of nitrogens with zero attached hydrogens (tertiary/aromatic N) is 2. The number of likely N-dealkylation sites (tertiary alicyclic amines) is 1. The fourth-order valence-electron chi connectivity index (χ4n) is 3.67. The summed E-state index contributed by atoms with van der Waals surface area (Å²) >= 11 is 0. The molecule has 1 atom stereocenters. The Morgan fingerprint density at radius 1 is 1.08 bits per heavy atom. The van der Waals surface area contributed by atoms with E-state index in [-0.39, 0.29) is 36.6 Å². The number of piperazine rings is 1. The zero-order valence-corrected chi connectivity index (χ0v) is 17.0. The molecule has 0 spiro atoms. The average molecular weight is 403 g/mol. The van der Waals surface area contributed by atoms with Crippen LogP contribution in [-0.2, 0) is 11.3 Å². The largest absolute Gasteiger partial charge is 0.355 e. The van der Waals surface area contributed by atoms with Crippen molar-refractivity contribution in [3.05, 3.63) is 35.9 Å². The predicted molar refractivity (Wildman–Crippen MR) is 111 cm³/mol. The van der Waals surface area contributed by atoms with Crippen LogP contribution in [0.1, 0.15) is 18.4 Å².